The summed E-state index contributed by atoms with van der Waals surface area (Å²) in [7, 11) is 0. The standard InChI is InChI=1S/C15H18N4OS/c16-13(21)9-14-17-11-5-1-2-6-12(11)19(14)10-15(20)18-7-3-4-8-18/h1-2,5-6H,3-4,7-10H2,(H2,16,21). The van der Waals surface area contributed by atoms with Crippen LogP contribution in [0.1, 0.15) is 18.7 Å². The lowest BCUT2D eigenvalue weighted by Gasteiger charge is -2.17. The van der Waals surface area contributed by atoms with Gasteiger partial charge in [0.2, 0.25) is 5.91 Å². The highest BCUT2D eigenvalue weighted by molar-refractivity contribution is 7.80. The van der Waals surface area contributed by atoms with Crippen molar-refractivity contribution < 1.29 is 4.79 Å². The highest BCUT2D eigenvalue weighted by atomic mass is 32.1. The number of carbonyl (C=O) groups is 1. The molecule has 1 fully saturated rings. The van der Waals surface area contributed by atoms with Gasteiger partial charge in [0.15, 0.2) is 0 Å². The highest BCUT2D eigenvalue weighted by Crippen LogP contribution is 2.18. The first-order valence-electron chi connectivity index (χ1n) is 7.15. The fraction of sp³-hybridized carbons (Fsp3) is 0.400. The predicted molar refractivity (Wildman–Crippen MR) is 86.0 cm³/mol. The Morgan fingerprint density at radius 2 is 2.00 bits per heavy atom. The molecule has 1 aromatic carbocycles. The van der Waals surface area contributed by atoms with Crippen molar-refractivity contribution in [2.75, 3.05) is 13.1 Å². The number of likely N-dealkylation sites (tertiary alicyclic amines) is 1. The van der Waals surface area contributed by atoms with Crippen LogP contribution in [0.5, 0.6) is 0 Å². The second kappa shape index (κ2) is 5.81. The molecular weight excluding hydrogens is 284 g/mol. The summed E-state index contributed by atoms with van der Waals surface area (Å²) in [5.74, 6) is 0.899. The number of hydrogen-bond acceptors (Lipinski definition) is 3. The first-order chi connectivity index (χ1) is 10.1. The summed E-state index contributed by atoms with van der Waals surface area (Å²) in [5, 5.41) is 0. The van der Waals surface area contributed by atoms with Crippen LogP contribution in [0.4, 0.5) is 0 Å². The zero-order valence-electron chi connectivity index (χ0n) is 11.8. The topological polar surface area (TPSA) is 64.1 Å². The number of amides is 1. The van der Waals surface area contributed by atoms with E-state index in [0.717, 1.165) is 42.8 Å². The summed E-state index contributed by atoms with van der Waals surface area (Å²) in [6.45, 7) is 2.02. The molecule has 0 aliphatic carbocycles. The zero-order chi connectivity index (χ0) is 14.8. The van der Waals surface area contributed by atoms with Crippen LogP contribution in [0.25, 0.3) is 11.0 Å². The molecule has 1 aromatic heterocycles. The Balaban J connectivity index is 1.94. The number of nitrogens with two attached hydrogens (primary N) is 1. The average Bonchev–Trinajstić information content (AvgIpc) is 3.07. The van der Waals surface area contributed by atoms with Crippen LogP contribution in [0, 0.1) is 0 Å². The molecule has 0 atom stereocenters. The second-order valence-electron chi connectivity index (χ2n) is 5.33. The molecule has 2 heterocycles. The number of para-hydroxylation sites is 2. The number of hydrogen-bond donors (Lipinski definition) is 1. The van der Waals surface area contributed by atoms with Crippen LogP contribution in [-0.4, -0.2) is 38.4 Å². The van der Waals surface area contributed by atoms with Crippen LogP contribution in [0.2, 0.25) is 0 Å². The van der Waals surface area contributed by atoms with Gasteiger partial charge in [-0.15, -0.1) is 0 Å². The van der Waals surface area contributed by atoms with Crippen molar-refractivity contribution in [2.45, 2.75) is 25.8 Å². The van der Waals surface area contributed by atoms with Crippen LogP contribution in [0.3, 0.4) is 0 Å². The Kier molecular flexibility index (Phi) is 3.88. The van der Waals surface area contributed by atoms with E-state index in [1.165, 1.54) is 0 Å². The molecule has 1 amide bonds. The molecule has 2 N–H and O–H groups in total. The lowest BCUT2D eigenvalue weighted by atomic mass is 10.3. The molecule has 0 bridgehead atoms. The van der Waals surface area contributed by atoms with E-state index >= 15 is 0 Å². The molecule has 110 valence electrons. The first-order valence-corrected chi connectivity index (χ1v) is 7.56. The number of aromatic nitrogens is 2. The fourth-order valence-corrected chi connectivity index (χ4v) is 2.92. The summed E-state index contributed by atoms with van der Waals surface area (Å²) < 4.78 is 1.94. The van der Waals surface area contributed by atoms with Gasteiger partial charge >= 0.3 is 0 Å². The van der Waals surface area contributed by atoms with Gasteiger partial charge < -0.3 is 15.2 Å². The maximum absolute atomic E-state index is 12.4. The van der Waals surface area contributed by atoms with E-state index in [1.54, 1.807) is 0 Å². The van der Waals surface area contributed by atoms with Crippen LogP contribution < -0.4 is 5.73 Å². The van der Waals surface area contributed by atoms with Crippen molar-refractivity contribution in [2.24, 2.45) is 5.73 Å². The molecule has 0 saturated carbocycles. The van der Waals surface area contributed by atoms with Crippen LogP contribution >= 0.6 is 12.2 Å². The van der Waals surface area contributed by atoms with Gasteiger partial charge in [0, 0.05) is 13.1 Å². The van der Waals surface area contributed by atoms with Gasteiger partial charge in [-0.05, 0) is 25.0 Å². The van der Waals surface area contributed by atoms with E-state index in [4.69, 9.17) is 18.0 Å². The second-order valence-corrected chi connectivity index (χ2v) is 5.86. The van der Waals surface area contributed by atoms with Gasteiger partial charge in [0.1, 0.15) is 12.4 Å². The molecule has 21 heavy (non-hydrogen) atoms. The maximum Gasteiger partial charge on any atom is 0.242 e. The lowest BCUT2D eigenvalue weighted by molar-refractivity contribution is -0.130. The zero-order valence-corrected chi connectivity index (χ0v) is 12.6. The van der Waals surface area contributed by atoms with E-state index < -0.39 is 0 Å². The van der Waals surface area contributed by atoms with Gasteiger partial charge in [0.25, 0.3) is 0 Å². The van der Waals surface area contributed by atoms with Gasteiger partial charge in [-0.3, -0.25) is 4.79 Å². The third kappa shape index (κ3) is 2.90. The average molecular weight is 302 g/mol. The van der Waals surface area contributed by atoms with Crippen molar-refractivity contribution in [3.05, 3.63) is 30.1 Å². The molecule has 1 saturated heterocycles. The van der Waals surface area contributed by atoms with Crippen molar-refractivity contribution in [1.29, 1.82) is 0 Å². The fourth-order valence-electron chi connectivity index (χ4n) is 2.79. The first kappa shape index (κ1) is 14.0. The number of imidazole rings is 1. The van der Waals surface area contributed by atoms with E-state index in [-0.39, 0.29) is 5.91 Å². The molecule has 5 nitrogen and oxygen atoms in total. The van der Waals surface area contributed by atoms with E-state index in [0.29, 0.717) is 18.0 Å². The quantitative estimate of drug-likeness (QED) is 0.869. The molecule has 0 spiro atoms. The SMILES string of the molecule is NC(=S)Cc1nc2ccccc2n1CC(=O)N1CCCC1. The number of benzene rings is 1. The Labute approximate surface area is 128 Å². The minimum absolute atomic E-state index is 0.139. The molecule has 3 rings (SSSR count). The van der Waals surface area contributed by atoms with E-state index in [2.05, 4.69) is 4.98 Å². The summed E-state index contributed by atoms with van der Waals surface area (Å²) in [6.07, 6.45) is 2.60. The summed E-state index contributed by atoms with van der Waals surface area (Å²) >= 11 is 4.99. The van der Waals surface area contributed by atoms with E-state index in [1.807, 2.05) is 33.7 Å². The smallest absolute Gasteiger partial charge is 0.242 e. The molecule has 1 aliphatic rings. The van der Waals surface area contributed by atoms with Gasteiger partial charge in [-0.25, -0.2) is 4.98 Å². The predicted octanol–water partition coefficient (Wildman–Crippen LogP) is 1.49. The number of thiocarbonyl (C=S) groups is 1. The Morgan fingerprint density at radius 3 is 2.71 bits per heavy atom. The lowest BCUT2D eigenvalue weighted by Crippen LogP contribution is -2.31. The maximum atomic E-state index is 12.4. The minimum Gasteiger partial charge on any atom is -0.393 e. The Bertz CT molecular complexity index is 688. The Hall–Kier alpha value is -1.95. The van der Waals surface area contributed by atoms with Crippen LogP contribution in [0.15, 0.2) is 24.3 Å². The number of nitrogens with zero attached hydrogens (tertiary/aromatic N) is 3. The largest absolute Gasteiger partial charge is 0.393 e. The van der Waals surface area contributed by atoms with Crippen molar-refractivity contribution >= 4 is 34.1 Å². The third-order valence-corrected chi connectivity index (χ3v) is 3.96. The summed E-state index contributed by atoms with van der Waals surface area (Å²) in [4.78, 5) is 19.3. The van der Waals surface area contributed by atoms with Gasteiger partial charge in [-0.2, -0.15) is 0 Å². The van der Waals surface area contributed by atoms with Crippen molar-refractivity contribution in [1.82, 2.24) is 14.5 Å². The third-order valence-electron chi connectivity index (χ3n) is 3.82. The monoisotopic (exact) mass is 302 g/mol. The van der Waals surface area contributed by atoms with Crippen molar-refractivity contribution in [3.63, 3.8) is 0 Å². The normalized spacial score (nSPS) is 14.8. The molecule has 2 aromatic rings. The minimum atomic E-state index is 0.139. The Morgan fingerprint density at radius 1 is 1.29 bits per heavy atom. The molecule has 0 unspecified atom stereocenters. The molecular formula is C15H18N4OS. The number of fused-ring (bicyclic) bond motifs is 1. The summed E-state index contributed by atoms with van der Waals surface area (Å²) in [5.41, 5.74) is 7.48. The molecule has 6 heteroatoms. The highest BCUT2D eigenvalue weighted by Gasteiger charge is 2.20. The van der Waals surface area contributed by atoms with Crippen molar-refractivity contribution in [3.8, 4) is 0 Å². The van der Waals surface area contributed by atoms with Crippen LogP contribution in [-0.2, 0) is 17.8 Å². The number of rotatable bonds is 4. The molecule has 0 radical (unpaired) electrons. The number of carbonyl (C=O) groups excluding carboxylic acids is 1. The molecule has 1 aliphatic heterocycles. The van der Waals surface area contributed by atoms with Gasteiger partial charge in [-0.1, -0.05) is 24.4 Å². The summed E-state index contributed by atoms with van der Waals surface area (Å²) in [6, 6.07) is 7.80. The van der Waals surface area contributed by atoms with Gasteiger partial charge in [0.05, 0.1) is 22.4 Å². The van der Waals surface area contributed by atoms with E-state index in [9.17, 15) is 4.79 Å².